The zero-order chi connectivity index (χ0) is 15.5. The summed E-state index contributed by atoms with van der Waals surface area (Å²) in [5, 5.41) is 3.93. The van der Waals surface area contributed by atoms with Gasteiger partial charge in [0.15, 0.2) is 0 Å². The smallest absolute Gasteiger partial charge is 0.226 e. The molecule has 1 aromatic carbocycles. The third kappa shape index (κ3) is 4.84. The zero-order valence-corrected chi connectivity index (χ0v) is 13.8. The van der Waals surface area contributed by atoms with E-state index in [-0.39, 0.29) is 10.6 Å². The van der Waals surface area contributed by atoms with Crippen LogP contribution in [0.25, 0.3) is 11.4 Å². The van der Waals surface area contributed by atoms with Crippen LogP contribution in [0.5, 0.6) is 0 Å². The summed E-state index contributed by atoms with van der Waals surface area (Å²) >= 11 is 1.92. The van der Waals surface area contributed by atoms with Crippen molar-refractivity contribution in [1.82, 2.24) is 10.1 Å². The molecule has 0 aliphatic heterocycles. The quantitative estimate of drug-likeness (QED) is 0.754. The highest BCUT2D eigenvalue weighted by Gasteiger charge is 2.12. The molecule has 0 saturated carbocycles. The Morgan fingerprint density at radius 1 is 1.29 bits per heavy atom. The molecule has 2 rings (SSSR count). The molecule has 1 aromatic heterocycles. The predicted octanol–water partition coefficient (Wildman–Crippen LogP) is 4.65. The van der Waals surface area contributed by atoms with Crippen molar-refractivity contribution >= 4 is 11.8 Å². The second-order valence-electron chi connectivity index (χ2n) is 6.04. The number of hydrogen-bond donors (Lipinski definition) is 0. The zero-order valence-electron chi connectivity index (χ0n) is 12.9. The molecular formula is C16H21FN2OS. The number of aryl methyl sites for hydroxylation is 2. The minimum Gasteiger partial charge on any atom is -0.339 e. The molecule has 0 fully saturated rings. The largest absolute Gasteiger partial charge is 0.339 e. The van der Waals surface area contributed by atoms with Crippen molar-refractivity contribution in [2.24, 2.45) is 0 Å². The Kier molecular flexibility index (Phi) is 5.04. The highest BCUT2D eigenvalue weighted by atomic mass is 32.2. The van der Waals surface area contributed by atoms with Gasteiger partial charge in [-0.15, -0.1) is 0 Å². The molecular weight excluding hydrogens is 287 g/mol. The van der Waals surface area contributed by atoms with Crippen molar-refractivity contribution < 1.29 is 8.91 Å². The topological polar surface area (TPSA) is 38.9 Å². The molecule has 0 radical (unpaired) electrons. The van der Waals surface area contributed by atoms with Crippen LogP contribution in [0.3, 0.4) is 0 Å². The molecule has 0 amide bonds. The van der Waals surface area contributed by atoms with E-state index in [1.165, 1.54) is 6.07 Å². The van der Waals surface area contributed by atoms with Crippen LogP contribution in [0.1, 0.15) is 38.6 Å². The SMILES string of the molecule is Cc1ccc(-c2noc(CCCSC(C)(C)C)n2)cc1F. The van der Waals surface area contributed by atoms with E-state index in [1.807, 2.05) is 17.8 Å². The normalized spacial score (nSPS) is 11.9. The van der Waals surface area contributed by atoms with Crippen LogP contribution in [0.4, 0.5) is 4.39 Å². The molecule has 0 unspecified atom stereocenters. The second-order valence-corrected chi connectivity index (χ2v) is 7.96. The first-order valence-electron chi connectivity index (χ1n) is 7.08. The van der Waals surface area contributed by atoms with Crippen LogP contribution in [-0.2, 0) is 6.42 Å². The van der Waals surface area contributed by atoms with Crippen LogP contribution in [0.2, 0.25) is 0 Å². The molecule has 114 valence electrons. The van der Waals surface area contributed by atoms with E-state index in [9.17, 15) is 4.39 Å². The number of nitrogens with zero attached hydrogens (tertiary/aromatic N) is 2. The van der Waals surface area contributed by atoms with E-state index in [1.54, 1.807) is 13.0 Å². The number of aromatic nitrogens is 2. The number of benzene rings is 1. The lowest BCUT2D eigenvalue weighted by Gasteiger charge is -2.16. The van der Waals surface area contributed by atoms with Gasteiger partial charge in [-0.05, 0) is 30.7 Å². The van der Waals surface area contributed by atoms with E-state index >= 15 is 0 Å². The summed E-state index contributed by atoms with van der Waals surface area (Å²) in [6, 6.07) is 4.97. The minimum absolute atomic E-state index is 0.250. The number of rotatable bonds is 5. The van der Waals surface area contributed by atoms with E-state index in [0.717, 1.165) is 18.6 Å². The third-order valence-corrected chi connectivity index (χ3v) is 4.33. The molecule has 0 aliphatic rings. The van der Waals surface area contributed by atoms with Gasteiger partial charge in [-0.1, -0.05) is 38.1 Å². The Hall–Kier alpha value is -1.36. The maximum Gasteiger partial charge on any atom is 0.226 e. The van der Waals surface area contributed by atoms with Crippen molar-refractivity contribution in [2.75, 3.05) is 5.75 Å². The maximum atomic E-state index is 13.5. The molecule has 3 nitrogen and oxygen atoms in total. The summed E-state index contributed by atoms with van der Waals surface area (Å²) in [6.45, 7) is 8.34. The average Bonchev–Trinajstić information content (AvgIpc) is 2.86. The molecule has 0 N–H and O–H groups in total. The molecule has 0 bridgehead atoms. The van der Waals surface area contributed by atoms with Gasteiger partial charge in [-0.3, -0.25) is 0 Å². The fraction of sp³-hybridized carbons (Fsp3) is 0.500. The average molecular weight is 308 g/mol. The Labute approximate surface area is 129 Å². The monoisotopic (exact) mass is 308 g/mol. The van der Waals surface area contributed by atoms with E-state index in [4.69, 9.17) is 4.52 Å². The van der Waals surface area contributed by atoms with Gasteiger partial charge in [-0.2, -0.15) is 16.7 Å². The van der Waals surface area contributed by atoms with Crippen molar-refractivity contribution in [2.45, 2.75) is 45.3 Å². The van der Waals surface area contributed by atoms with Gasteiger partial charge in [0.2, 0.25) is 11.7 Å². The van der Waals surface area contributed by atoms with Gasteiger partial charge < -0.3 is 4.52 Å². The molecule has 5 heteroatoms. The van der Waals surface area contributed by atoms with Crippen LogP contribution in [0, 0.1) is 12.7 Å². The molecule has 21 heavy (non-hydrogen) atoms. The molecule has 2 aromatic rings. The standard InChI is InChI=1S/C16H21FN2OS/c1-11-7-8-12(10-13(11)17)15-18-14(20-19-15)6-5-9-21-16(2,3)4/h7-8,10H,5-6,9H2,1-4H3. The fourth-order valence-corrected chi connectivity index (χ4v) is 2.71. The van der Waals surface area contributed by atoms with Crippen molar-refractivity contribution in [3.05, 3.63) is 35.5 Å². The third-order valence-electron chi connectivity index (χ3n) is 2.97. The highest BCUT2D eigenvalue weighted by molar-refractivity contribution is 8.00. The molecule has 0 spiro atoms. The van der Waals surface area contributed by atoms with Crippen LogP contribution < -0.4 is 0 Å². The Bertz CT molecular complexity index is 605. The second kappa shape index (κ2) is 6.60. The van der Waals surface area contributed by atoms with Gasteiger partial charge in [0.25, 0.3) is 0 Å². The number of hydrogen-bond acceptors (Lipinski definition) is 4. The first-order chi connectivity index (χ1) is 9.85. The molecule has 0 aliphatic carbocycles. The number of halogens is 1. The lowest BCUT2D eigenvalue weighted by atomic mass is 10.1. The first kappa shape index (κ1) is 16.0. The van der Waals surface area contributed by atoms with Crippen LogP contribution in [0.15, 0.2) is 22.7 Å². The Balaban J connectivity index is 1.93. The maximum absolute atomic E-state index is 13.5. The van der Waals surface area contributed by atoms with Crippen molar-refractivity contribution in [1.29, 1.82) is 0 Å². The Morgan fingerprint density at radius 3 is 2.71 bits per heavy atom. The summed E-state index contributed by atoms with van der Waals surface area (Å²) < 4.78 is 19.0. The van der Waals surface area contributed by atoms with Gasteiger partial charge in [0, 0.05) is 16.7 Å². The minimum atomic E-state index is -0.250. The van der Waals surface area contributed by atoms with E-state index < -0.39 is 0 Å². The van der Waals surface area contributed by atoms with Crippen molar-refractivity contribution in [3.63, 3.8) is 0 Å². The van der Waals surface area contributed by atoms with Gasteiger partial charge in [0.1, 0.15) is 5.82 Å². The first-order valence-corrected chi connectivity index (χ1v) is 8.07. The summed E-state index contributed by atoms with van der Waals surface area (Å²) in [5.74, 6) is 1.87. The lowest BCUT2D eigenvalue weighted by molar-refractivity contribution is 0.378. The van der Waals surface area contributed by atoms with Crippen LogP contribution in [-0.4, -0.2) is 20.6 Å². The van der Waals surface area contributed by atoms with Gasteiger partial charge in [-0.25, -0.2) is 4.39 Å². The molecule has 0 saturated heterocycles. The lowest BCUT2D eigenvalue weighted by Crippen LogP contribution is -2.08. The highest BCUT2D eigenvalue weighted by Crippen LogP contribution is 2.24. The summed E-state index contributed by atoms with van der Waals surface area (Å²) in [5.41, 5.74) is 1.26. The summed E-state index contributed by atoms with van der Waals surface area (Å²) in [6.07, 6.45) is 1.75. The van der Waals surface area contributed by atoms with Gasteiger partial charge in [0.05, 0.1) is 0 Å². The van der Waals surface area contributed by atoms with E-state index in [0.29, 0.717) is 22.8 Å². The van der Waals surface area contributed by atoms with Gasteiger partial charge >= 0.3 is 0 Å². The summed E-state index contributed by atoms with van der Waals surface area (Å²) in [7, 11) is 0. The van der Waals surface area contributed by atoms with Crippen molar-refractivity contribution in [3.8, 4) is 11.4 Å². The summed E-state index contributed by atoms with van der Waals surface area (Å²) in [4.78, 5) is 4.33. The molecule has 1 heterocycles. The number of thioether (sulfide) groups is 1. The van der Waals surface area contributed by atoms with E-state index in [2.05, 4.69) is 30.9 Å². The van der Waals surface area contributed by atoms with Crippen LogP contribution >= 0.6 is 11.8 Å². The predicted molar refractivity (Wildman–Crippen MR) is 85.0 cm³/mol. The Morgan fingerprint density at radius 2 is 2.05 bits per heavy atom. The fourth-order valence-electron chi connectivity index (χ4n) is 1.81. The molecule has 0 atom stereocenters.